The van der Waals surface area contributed by atoms with Gasteiger partial charge in [0.05, 0.1) is 33.7 Å². The average Bonchev–Trinajstić information content (AvgIpc) is 3.91. The number of ether oxygens (including phenoxy) is 2. The van der Waals surface area contributed by atoms with E-state index in [4.69, 9.17) is 21.1 Å². The Labute approximate surface area is 291 Å². The third-order valence-corrected chi connectivity index (χ3v) is 14.9. The Kier molecular flexibility index (Phi) is 9.18. The average molecular weight is 695 g/mol. The fourth-order valence-corrected chi connectivity index (χ4v) is 10.6. The van der Waals surface area contributed by atoms with Crippen LogP contribution in [0.4, 0.5) is 5.69 Å². The zero-order chi connectivity index (χ0) is 33.8. The summed E-state index contributed by atoms with van der Waals surface area (Å²) in [6.45, 7) is 6.00. The predicted octanol–water partition coefficient (Wildman–Crippen LogP) is 6.73. The van der Waals surface area contributed by atoms with Gasteiger partial charge in [0.1, 0.15) is 5.75 Å². The topological polar surface area (TPSA) is 88.1 Å². The first-order valence-electron chi connectivity index (χ1n) is 17.8. The van der Waals surface area contributed by atoms with Gasteiger partial charge >= 0.3 is 0 Å². The van der Waals surface area contributed by atoms with Gasteiger partial charge in [-0.05, 0) is 129 Å². The lowest BCUT2D eigenvalue weighted by Gasteiger charge is -2.51. The molecule has 3 aliphatic carbocycles. The lowest BCUT2D eigenvalue weighted by molar-refractivity contribution is -0.100. The van der Waals surface area contributed by atoms with Crippen molar-refractivity contribution in [2.24, 2.45) is 23.7 Å². The van der Waals surface area contributed by atoms with Crippen LogP contribution in [0.5, 0.6) is 5.75 Å². The highest BCUT2D eigenvalue weighted by Crippen LogP contribution is 2.51. The van der Waals surface area contributed by atoms with Crippen molar-refractivity contribution in [2.45, 2.75) is 94.0 Å². The van der Waals surface area contributed by atoms with E-state index in [9.17, 15) is 14.1 Å². The number of benzene rings is 2. The van der Waals surface area contributed by atoms with Crippen molar-refractivity contribution in [3.8, 4) is 5.75 Å². The Morgan fingerprint density at radius 3 is 2.73 bits per heavy atom. The molecule has 1 amide bonds. The van der Waals surface area contributed by atoms with Gasteiger partial charge in [0, 0.05) is 47.9 Å². The van der Waals surface area contributed by atoms with Crippen LogP contribution >= 0.6 is 11.6 Å². The number of carbonyl (C=O) groups excluding carboxylic acids is 1. The third kappa shape index (κ3) is 6.31. The van der Waals surface area contributed by atoms with E-state index in [2.05, 4.69) is 46.7 Å². The summed E-state index contributed by atoms with van der Waals surface area (Å²) in [5.74, 6) is 5.27. The van der Waals surface area contributed by atoms with Crippen molar-refractivity contribution in [1.82, 2.24) is 4.72 Å². The van der Waals surface area contributed by atoms with Crippen LogP contribution in [-0.4, -0.2) is 64.9 Å². The van der Waals surface area contributed by atoms with Gasteiger partial charge in [0.25, 0.3) is 5.91 Å². The summed E-state index contributed by atoms with van der Waals surface area (Å²) in [6, 6.07) is 11.9. The molecule has 2 fully saturated rings. The molecule has 2 heterocycles. The van der Waals surface area contributed by atoms with Gasteiger partial charge in [-0.25, -0.2) is 4.21 Å². The van der Waals surface area contributed by atoms with Crippen molar-refractivity contribution < 1.29 is 23.6 Å². The molecule has 0 saturated heterocycles. The van der Waals surface area contributed by atoms with Gasteiger partial charge < -0.3 is 19.5 Å². The second-order valence-electron chi connectivity index (χ2n) is 15.5. The number of fused-ring (bicyclic) bond motifs is 4. The van der Waals surface area contributed by atoms with Crippen LogP contribution in [0.2, 0.25) is 5.02 Å². The van der Waals surface area contributed by atoms with E-state index in [-0.39, 0.29) is 28.4 Å². The normalized spacial score (nSPS) is 36.4. The molecule has 260 valence electrons. The highest BCUT2D eigenvalue weighted by molar-refractivity contribution is 7.99. The maximum Gasteiger partial charge on any atom is 0.262 e. The molecule has 8 atom stereocenters. The minimum absolute atomic E-state index is 0.0000614. The first-order valence-corrected chi connectivity index (χ1v) is 20.0. The van der Waals surface area contributed by atoms with Gasteiger partial charge in [-0.1, -0.05) is 36.7 Å². The number of allylic oxidation sites excluding steroid dienone is 1. The molecule has 48 heavy (non-hydrogen) atoms. The zero-order valence-electron chi connectivity index (χ0n) is 28.6. The van der Waals surface area contributed by atoms with Gasteiger partial charge in [-0.15, -0.1) is 0 Å². The lowest BCUT2D eigenvalue weighted by Crippen LogP contribution is -2.54. The molecular formula is C39H51ClN2O5S. The molecule has 5 aliphatic rings. The number of hydrogen-bond donors (Lipinski definition) is 2. The van der Waals surface area contributed by atoms with Crippen LogP contribution in [-0.2, 0) is 26.3 Å². The first kappa shape index (κ1) is 34.0. The van der Waals surface area contributed by atoms with Crippen LogP contribution in [0.25, 0.3) is 0 Å². The monoisotopic (exact) mass is 694 g/mol. The highest BCUT2D eigenvalue weighted by Gasteiger charge is 2.51. The van der Waals surface area contributed by atoms with Gasteiger partial charge in [0.15, 0.2) is 0 Å². The third-order valence-electron chi connectivity index (χ3n) is 12.4. The minimum Gasteiger partial charge on any atom is -0.490 e. The minimum atomic E-state index is -2.96. The SMILES string of the molecule is C=S1(=O)NC(=O)c2ccc3c(c2)N(C[C@@H]2CC[C@H]2[C@@](C[C@H](O)C2CC2)(OC)/C=C/C[C@H](C)[C@H]1C)C[C@@]1(CCCc2cc(Cl)ccc21)CO3. The second kappa shape index (κ2) is 13.0. The van der Waals surface area contributed by atoms with E-state index < -0.39 is 21.4 Å². The van der Waals surface area contributed by atoms with E-state index in [1.165, 1.54) is 11.1 Å². The summed E-state index contributed by atoms with van der Waals surface area (Å²) in [5.41, 5.74) is 3.05. The number of aryl methyl sites for hydroxylation is 1. The summed E-state index contributed by atoms with van der Waals surface area (Å²) in [6.07, 6.45) is 12.4. The highest BCUT2D eigenvalue weighted by atomic mass is 35.5. The van der Waals surface area contributed by atoms with Crippen LogP contribution < -0.4 is 14.4 Å². The number of anilines is 1. The molecule has 2 saturated carbocycles. The van der Waals surface area contributed by atoms with Crippen molar-refractivity contribution in [3.05, 3.63) is 70.3 Å². The molecule has 1 unspecified atom stereocenters. The number of carbonyl (C=O) groups is 1. The molecule has 7 rings (SSSR count). The maximum absolute atomic E-state index is 13.9. The summed E-state index contributed by atoms with van der Waals surface area (Å²) >= 11 is 6.48. The maximum atomic E-state index is 13.9. The molecular weight excluding hydrogens is 644 g/mol. The van der Waals surface area contributed by atoms with Crippen molar-refractivity contribution in [3.63, 3.8) is 0 Å². The Bertz CT molecular complexity index is 1690. The number of amides is 1. The van der Waals surface area contributed by atoms with Crippen molar-refractivity contribution >= 4 is 38.8 Å². The quantitative estimate of drug-likeness (QED) is 0.273. The number of nitrogens with zero attached hydrogens (tertiary/aromatic N) is 1. The summed E-state index contributed by atoms with van der Waals surface area (Å²) in [4.78, 5) is 16.1. The standard InChI is InChI=1S/C39H51ClN2O5S/c1-25-7-5-18-39(46-3,21-35(43)27-9-10-27)33-14-11-30(33)22-42-23-38(17-6-8-28-19-31(40)13-15-32(28)38)24-47-36-16-12-29(20-34(36)42)37(44)41-48(4,45)26(25)2/h5,12-13,15-16,18-20,25-27,30,33,35,43H,4,6-11,14,17,21-24H2,1-3H3,(H,41,44,45)/b18-5+/t25-,26+,30-,33+,35-,38-,39+,48?/m0/s1. The van der Waals surface area contributed by atoms with Gasteiger partial charge in [-0.2, -0.15) is 0 Å². The molecule has 2 N–H and O–H groups in total. The Morgan fingerprint density at radius 1 is 1.19 bits per heavy atom. The lowest BCUT2D eigenvalue weighted by atomic mass is 9.62. The molecule has 2 aromatic rings. The fraction of sp³-hybridized carbons (Fsp3) is 0.590. The van der Waals surface area contributed by atoms with Crippen LogP contribution in [0, 0.1) is 23.7 Å². The number of methoxy groups -OCH3 is 1. The first-order chi connectivity index (χ1) is 22.9. The number of nitrogens with one attached hydrogen (secondary N) is 1. The Hall–Kier alpha value is -2.52. The van der Waals surface area contributed by atoms with E-state index in [0.717, 1.165) is 74.5 Å². The van der Waals surface area contributed by atoms with E-state index in [1.54, 1.807) is 13.2 Å². The zero-order valence-corrected chi connectivity index (χ0v) is 30.2. The number of halogens is 1. The van der Waals surface area contributed by atoms with Crippen LogP contribution in [0.3, 0.4) is 0 Å². The van der Waals surface area contributed by atoms with E-state index in [1.807, 2.05) is 25.1 Å². The molecule has 2 bridgehead atoms. The second-order valence-corrected chi connectivity index (χ2v) is 18.3. The Morgan fingerprint density at radius 2 is 2.00 bits per heavy atom. The van der Waals surface area contributed by atoms with Gasteiger partial charge in [-0.3, -0.25) is 9.52 Å². The van der Waals surface area contributed by atoms with Crippen LogP contribution in [0.15, 0.2) is 48.6 Å². The van der Waals surface area contributed by atoms with Gasteiger partial charge in [0.2, 0.25) is 0 Å². The fourth-order valence-electron chi connectivity index (χ4n) is 8.95. The van der Waals surface area contributed by atoms with Crippen molar-refractivity contribution in [2.75, 3.05) is 31.7 Å². The predicted molar refractivity (Wildman–Crippen MR) is 195 cm³/mol. The summed E-state index contributed by atoms with van der Waals surface area (Å²) in [7, 11) is -1.17. The largest absolute Gasteiger partial charge is 0.490 e. The molecule has 7 nitrogen and oxygen atoms in total. The smallest absolute Gasteiger partial charge is 0.262 e. The number of rotatable bonds is 4. The number of aliphatic hydroxyl groups is 1. The summed E-state index contributed by atoms with van der Waals surface area (Å²) < 4.78 is 29.9. The van der Waals surface area contributed by atoms with Crippen molar-refractivity contribution in [1.29, 1.82) is 0 Å². The molecule has 0 radical (unpaired) electrons. The number of hydrogen-bond acceptors (Lipinski definition) is 6. The van der Waals surface area contributed by atoms with Crippen LogP contribution in [0.1, 0.15) is 86.7 Å². The molecule has 1 spiro atoms. The number of aliphatic hydroxyl groups excluding tert-OH is 1. The van der Waals surface area contributed by atoms with E-state index in [0.29, 0.717) is 36.8 Å². The molecule has 0 aromatic heterocycles. The summed E-state index contributed by atoms with van der Waals surface area (Å²) in [5, 5.41) is 11.7. The molecule has 2 aliphatic heterocycles. The molecule has 2 aromatic carbocycles. The Balaban J connectivity index is 1.32. The molecule has 9 heteroatoms. The van der Waals surface area contributed by atoms with E-state index >= 15 is 0 Å².